The molecule has 9 heteroatoms. The Morgan fingerprint density at radius 3 is 2.50 bits per heavy atom. The van der Waals surface area contributed by atoms with Crippen LogP contribution in [0.5, 0.6) is 0 Å². The summed E-state index contributed by atoms with van der Waals surface area (Å²) in [5, 5.41) is 9.59. The van der Waals surface area contributed by atoms with E-state index in [9.17, 15) is 9.59 Å². The molecule has 0 saturated carbocycles. The Balaban J connectivity index is 1.19. The number of rotatable bonds is 7. The van der Waals surface area contributed by atoms with Crippen molar-refractivity contribution < 1.29 is 14.1 Å². The Hall–Kier alpha value is -4.08. The van der Waals surface area contributed by atoms with Crippen LogP contribution in [0.3, 0.4) is 0 Å². The minimum atomic E-state index is -0.446. The molecular formula is C31H28N4O3S2. The molecule has 40 heavy (non-hydrogen) atoms. The number of thiophene rings is 1. The summed E-state index contributed by atoms with van der Waals surface area (Å²) in [7, 11) is 0. The van der Waals surface area contributed by atoms with Gasteiger partial charge in [0.25, 0.3) is 0 Å². The number of carbonyl (C=O) groups is 2. The molecule has 0 atom stereocenters. The van der Waals surface area contributed by atoms with Crippen LogP contribution >= 0.6 is 22.7 Å². The molecule has 2 aromatic carbocycles. The van der Waals surface area contributed by atoms with Crippen LogP contribution in [0.4, 0.5) is 0 Å². The van der Waals surface area contributed by atoms with E-state index in [2.05, 4.69) is 16.6 Å². The molecule has 2 N–H and O–H groups in total. The van der Waals surface area contributed by atoms with E-state index in [4.69, 9.17) is 15.2 Å². The summed E-state index contributed by atoms with van der Waals surface area (Å²) in [6.07, 6.45) is 2.31. The van der Waals surface area contributed by atoms with Crippen molar-refractivity contribution in [2.24, 2.45) is 5.73 Å². The highest BCUT2D eigenvalue weighted by atomic mass is 32.1. The Bertz CT molecular complexity index is 1650. The van der Waals surface area contributed by atoms with Gasteiger partial charge in [0.05, 0.1) is 22.7 Å². The molecule has 7 nitrogen and oxygen atoms in total. The molecule has 0 bridgehead atoms. The molecule has 5 aromatic rings. The molecule has 1 fully saturated rings. The summed E-state index contributed by atoms with van der Waals surface area (Å²) < 4.78 is 5.65. The average molecular weight is 569 g/mol. The number of aryl methyl sites for hydroxylation is 1. The molecule has 4 heterocycles. The topological polar surface area (TPSA) is 102 Å². The molecular weight excluding hydrogens is 541 g/mol. The molecule has 0 unspecified atom stereocenters. The van der Waals surface area contributed by atoms with Gasteiger partial charge in [-0.25, -0.2) is 4.98 Å². The standard InChI is InChI=1S/C31H28N4O3S2/c1-19-28(29(34-38-19)24-5-2-4-23(16-24)20-7-9-21(10-8-20)30(32)37)26-18-40-31(33-26)22-11-13-35(14-12-22)27(36)17-25-6-3-15-39-25/h2-10,15-16,18,22H,11-14,17H2,1H3,(H2,32,37). The van der Waals surface area contributed by atoms with Gasteiger partial charge in [-0.3, -0.25) is 9.59 Å². The highest BCUT2D eigenvalue weighted by Gasteiger charge is 2.27. The lowest BCUT2D eigenvalue weighted by atomic mass is 9.97. The third-order valence-electron chi connectivity index (χ3n) is 7.38. The summed E-state index contributed by atoms with van der Waals surface area (Å²) in [5.74, 6) is 0.812. The van der Waals surface area contributed by atoms with Crippen LogP contribution in [0.2, 0.25) is 0 Å². The molecule has 3 aromatic heterocycles. The largest absolute Gasteiger partial charge is 0.366 e. The number of benzene rings is 2. The molecule has 0 spiro atoms. The van der Waals surface area contributed by atoms with Crippen molar-refractivity contribution in [3.05, 3.63) is 92.6 Å². The monoisotopic (exact) mass is 568 g/mol. The summed E-state index contributed by atoms with van der Waals surface area (Å²) in [5.41, 5.74) is 11.3. The molecule has 1 saturated heterocycles. The van der Waals surface area contributed by atoms with Crippen molar-refractivity contribution in [3.63, 3.8) is 0 Å². The van der Waals surface area contributed by atoms with E-state index in [1.54, 1.807) is 34.8 Å². The van der Waals surface area contributed by atoms with Gasteiger partial charge in [-0.1, -0.05) is 41.6 Å². The van der Waals surface area contributed by atoms with E-state index in [0.29, 0.717) is 17.9 Å². The van der Waals surface area contributed by atoms with Crippen LogP contribution in [0.1, 0.15) is 44.8 Å². The van der Waals surface area contributed by atoms with Crippen LogP contribution < -0.4 is 5.73 Å². The number of carbonyl (C=O) groups excluding carboxylic acids is 2. The Kier molecular flexibility index (Phi) is 7.32. The van der Waals surface area contributed by atoms with Crippen molar-refractivity contribution in [2.75, 3.05) is 13.1 Å². The van der Waals surface area contributed by atoms with Gasteiger partial charge >= 0.3 is 0 Å². The van der Waals surface area contributed by atoms with Gasteiger partial charge in [-0.05, 0) is 60.5 Å². The first-order valence-corrected chi connectivity index (χ1v) is 14.9. The lowest BCUT2D eigenvalue weighted by Gasteiger charge is -2.31. The average Bonchev–Trinajstić information content (AvgIpc) is 3.75. The van der Waals surface area contributed by atoms with E-state index >= 15 is 0 Å². The van der Waals surface area contributed by atoms with Crippen molar-refractivity contribution in [2.45, 2.75) is 32.1 Å². The first-order chi connectivity index (χ1) is 19.5. The predicted octanol–water partition coefficient (Wildman–Crippen LogP) is 6.55. The lowest BCUT2D eigenvalue weighted by Crippen LogP contribution is -2.38. The molecule has 1 aliphatic rings. The third kappa shape index (κ3) is 5.35. The van der Waals surface area contributed by atoms with Gasteiger partial charge in [-0.2, -0.15) is 0 Å². The maximum atomic E-state index is 12.7. The second-order valence-corrected chi connectivity index (χ2v) is 11.9. The van der Waals surface area contributed by atoms with Gasteiger partial charge < -0.3 is 15.2 Å². The molecule has 0 radical (unpaired) electrons. The highest BCUT2D eigenvalue weighted by Crippen LogP contribution is 2.39. The Labute approximate surface area is 240 Å². The SMILES string of the molecule is Cc1onc(-c2cccc(-c3ccc(C(N)=O)cc3)c2)c1-c1csc(C2CCN(C(=O)Cc3cccs3)CC2)n1. The lowest BCUT2D eigenvalue weighted by molar-refractivity contribution is -0.131. The fourth-order valence-electron chi connectivity index (χ4n) is 5.18. The number of piperidine rings is 1. The van der Waals surface area contributed by atoms with E-state index < -0.39 is 5.91 Å². The number of thiazole rings is 1. The first-order valence-electron chi connectivity index (χ1n) is 13.2. The van der Waals surface area contributed by atoms with Crippen LogP contribution in [-0.4, -0.2) is 39.9 Å². The zero-order chi connectivity index (χ0) is 27.6. The maximum Gasteiger partial charge on any atom is 0.248 e. The van der Waals surface area contributed by atoms with Crippen molar-refractivity contribution >= 4 is 34.5 Å². The summed E-state index contributed by atoms with van der Waals surface area (Å²) in [6.45, 7) is 3.43. The van der Waals surface area contributed by atoms with Gasteiger partial charge in [-0.15, -0.1) is 22.7 Å². The zero-order valence-electron chi connectivity index (χ0n) is 22.0. The van der Waals surface area contributed by atoms with Gasteiger partial charge in [0.1, 0.15) is 11.5 Å². The quantitative estimate of drug-likeness (QED) is 0.240. The van der Waals surface area contributed by atoms with Crippen LogP contribution in [0.25, 0.3) is 33.6 Å². The van der Waals surface area contributed by atoms with Crippen LogP contribution in [-0.2, 0) is 11.2 Å². The minimum Gasteiger partial charge on any atom is -0.366 e. The summed E-state index contributed by atoms with van der Waals surface area (Å²) in [4.78, 5) is 32.3. The van der Waals surface area contributed by atoms with E-state index in [-0.39, 0.29) is 5.91 Å². The minimum absolute atomic E-state index is 0.205. The smallest absolute Gasteiger partial charge is 0.248 e. The van der Waals surface area contributed by atoms with Crippen LogP contribution in [0, 0.1) is 6.92 Å². The van der Waals surface area contributed by atoms with E-state index in [1.807, 2.05) is 59.7 Å². The van der Waals surface area contributed by atoms with Crippen molar-refractivity contribution in [1.82, 2.24) is 15.0 Å². The highest BCUT2D eigenvalue weighted by molar-refractivity contribution is 7.10. The fourth-order valence-corrected chi connectivity index (χ4v) is 6.86. The second-order valence-electron chi connectivity index (χ2n) is 9.97. The number of aromatic nitrogens is 2. The maximum absolute atomic E-state index is 12.7. The summed E-state index contributed by atoms with van der Waals surface area (Å²) in [6, 6.07) is 19.3. The predicted molar refractivity (Wildman–Crippen MR) is 158 cm³/mol. The van der Waals surface area contributed by atoms with Gasteiger partial charge in [0.15, 0.2) is 0 Å². The number of likely N-dealkylation sites (tertiary alicyclic amines) is 1. The molecule has 202 valence electrons. The molecule has 1 aliphatic heterocycles. The van der Waals surface area contributed by atoms with Crippen molar-refractivity contribution in [1.29, 1.82) is 0 Å². The van der Waals surface area contributed by atoms with Crippen LogP contribution in [0.15, 0.2) is 75.9 Å². The van der Waals surface area contributed by atoms with E-state index in [1.165, 1.54) is 0 Å². The number of primary amides is 1. The first kappa shape index (κ1) is 26.2. The number of nitrogens with two attached hydrogens (primary N) is 1. The number of amides is 2. The Morgan fingerprint density at radius 1 is 1.00 bits per heavy atom. The zero-order valence-corrected chi connectivity index (χ0v) is 23.6. The van der Waals surface area contributed by atoms with Gasteiger partial charge in [0, 0.05) is 40.4 Å². The second kappa shape index (κ2) is 11.2. The molecule has 2 amide bonds. The van der Waals surface area contributed by atoms with E-state index in [0.717, 1.165) is 75.2 Å². The van der Waals surface area contributed by atoms with Gasteiger partial charge in [0.2, 0.25) is 11.8 Å². The number of hydrogen-bond donors (Lipinski definition) is 1. The Morgan fingerprint density at radius 2 is 1.77 bits per heavy atom. The van der Waals surface area contributed by atoms with Crippen molar-refractivity contribution in [3.8, 4) is 33.6 Å². The number of nitrogens with zero attached hydrogens (tertiary/aromatic N) is 3. The number of hydrogen-bond acceptors (Lipinski definition) is 7. The molecule has 0 aliphatic carbocycles. The summed E-state index contributed by atoms with van der Waals surface area (Å²) >= 11 is 3.30. The fraction of sp³-hybridized carbons (Fsp3) is 0.226. The molecule has 6 rings (SSSR count). The third-order valence-corrected chi connectivity index (χ3v) is 9.27. The normalized spacial score (nSPS) is 14.0.